The van der Waals surface area contributed by atoms with Crippen LogP contribution in [0.2, 0.25) is 0 Å². The minimum Gasteiger partial charge on any atom is -0.346 e. The monoisotopic (exact) mass is 488 g/mol. The Kier molecular flexibility index (Phi) is 6.08. The second-order valence-electron chi connectivity index (χ2n) is 8.20. The molecular formula is C21H25BrN6O3. The van der Waals surface area contributed by atoms with Crippen molar-refractivity contribution in [2.24, 2.45) is 0 Å². The molecule has 1 aromatic heterocycles. The number of nitrogens with one attached hydrogen (secondary N) is 1. The predicted octanol–water partition coefficient (Wildman–Crippen LogP) is 1.72. The highest BCUT2D eigenvalue weighted by molar-refractivity contribution is 9.10. The van der Waals surface area contributed by atoms with Gasteiger partial charge < -0.3 is 15.1 Å². The molecule has 0 bridgehead atoms. The van der Waals surface area contributed by atoms with E-state index in [1.54, 1.807) is 23.4 Å². The summed E-state index contributed by atoms with van der Waals surface area (Å²) in [5, 5.41) is 11.1. The smallest absolute Gasteiger partial charge is 0.312 e. The van der Waals surface area contributed by atoms with Crippen LogP contribution in [0, 0.1) is 0 Å². The van der Waals surface area contributed by atoms with Crippen molar-refractivity contribution in [1.29, 1.82) is 0 Å². The molecule has 1 aliphatic heterocycles. The summed E-state index contributed by atoms with van der Waals surface area (Å²) < 4.78 is 2.73. The molecule has 0 atom stereocenters. The number of amides is 3. The summed E-state index contributed by atoms with van der Waals surface area (Å²) in [6, 6.07) is 7.63. The molecule has 0 spiro atoms. The van der Waals surface area contributed by atoms with Crippen molar-refractivity contribution >= 4 is 33.7 Å². The number of nitrogens with zero attached hydrogens (tertiary/aromatic N) is 5. The lowest BCUT2D eigenvalue weighted by Gasteiger charge is -2.34. The molecule has 2 fully saturated rings. The summed E-state index contributed by atoms with van der Waals surface area (Å²) in [6.07, 6.45) is 2.02. The number of halogens is 1. The molecule has 10 heteroatoms. The Labute approximate surface area is 188 Å². The molecular weight excluding hydrogens is 464 g/mol. The van der Waals surface area contributed by atoms with Crippen LogP contribution in [-0.2, 0) is 9.59 Å². The number of hydrogen-bond donors (Lipinski definition) is 1. The van der Waals surface area contributed by atoms with Crippen LogP contribution in [0.3, 0.4) is 0 Å². The highest BCUT2D eigenvalue weighted by Gasteiger charge is 2.37. The van der Waals surface area contributed by atoms with Gasteiger partial charge in [0.05, 0.1) is 11.4 Å². The van der Waals surface area contributed by atoms with Gasteiger partial charge in [-0.3, -0.25) is 14.4 Å². The molecule has 2 aliphatic rings. The van der Waals surface area contributed by atoms with Crippen LogP contribution >= 0.6 is 15.9 Å². The maximum atomic E-state index is 13.2. The third-order valence-electron chi connectivity index (χ3n) is 5.41. The lowest BCUT2D eigenvalue weighted by atomic mass is 10.1. The fourth-order valence-corrected chi connectivity index (χ4v) is 3.93. The van der Waals surface area contributed by atoms with Crippen LogP contribution < -0.4 is 5.32 Å². The first-order chi connectivity index (χ1) is 14.8. The molecule has 0 radical (unpaired) electrons. The fraction of sp³-hybridized carbons (Fsp3) is 0.476. The van der Waals surface area contributed by atoms with Gasteiger partial charge >= 0.3 is 11.8 Å². The van der Waals surface area contributed by atoms with Crippen molar-refractivity contribution in [2.75, 3.05) is 26.2 Å². The van der Waals surface area contributed by atoms with Gasteiger partial charge in [0.2, 0.25) is 0 Å². The summed E-state index contributed by atoms with van der Waals surface area (Å²) in [5.41, 5.74) is 2.09. The molecule has 1 N–H and O–H groups in total. The second kappa shape index (κ2) is 8.78. The van der Waals surface area contributed by atoms with Crippen LogP contribution in [0.4, 0.5) is 0 Å². The van der Waals surface area contributed by atoms with Gasteiger partial charge in [0.15, 0.2) is 5.69 Å². The Hall–Kier alpha value is -2.75. The molecule has 9 nitrogen and oxygen atoms in total. The summed E-state index contributed by atoms with van der Waals surface area (Å²) in [7, 11) is 0. The molecule has 1 aliphatic carbocycles. The summed E-state index contributed by atoms with van der Waals surface area (Å²) in [4.78, 5) is 40.7. The van der Waals surface area contributed by atoms with Crippen molar-refractivity contribution in [3.05, 3.63) is 40.1 Å². The standard InChI is InChI=1S/C21H25BrN6O3/c1-13(2)23-19(29)21(31)27-11-9-26(10-12-27)20(30)17-18(14-3-4-14)28(25-24-17)16-7-5-15(22)6-8-16/h5-8,13-14H,3-4,9-12H2,1-2H3,(H,23,29). The number of carbonyl (C=O) groups is 3. The van der Waals surface area contributed by atoms with E-state index in [0.29, 0.717) is 31.9 Å². The van der Waals surface area contributed by atoms with Crippen LogP contribution in [0.5, 0.6) is 0 Å². The summed E-state index contributed by atoms with van der Waals surface area (Å²) in [6.45, 7) is 4.95. The molecule has 2 aromatic rings. The van der Waals surface area contributed by atoms with E-state index in [0.717, 1.165) is 28.7 Å². The maximum Gasteiger partial charge on any atom is 0.312 e. The van der Waals surface area contributed by atoms with Crippen LogP contribution in [-0.4, -0.2) is 74.7 Å². The number of benzene rings is 1. The highest BCUT2D eigenvalue weighted by atomic mass is 79.9. The maximum absolute atomic E-state index is 13.2. The number of piperazine rings is 1. The largest absolute Gasteiger partial charge is 0.346 e. The first kappa shape index (κ1) is 21.5. The van der Waals surface area contributed by atoms with E-state index in [2.05, 4.69) is 31.6 Å². The summed E-state index contributed by atoms with van der Waals surface area (Å²) >= 11 is 3.43. The average Bonchev–Trinajstić information content (AvgIpc) is 3.51. The SMILES string of the molecule is CC(C)NC(=O)C(=O)N1CCN(C(=O)c2nnn(-c3ccc(Br)cc3)c2C2CC2)CC1. The predicted molar refractivity (Wildman–Crippen MR) is 117 cm³/mol. The Balaban J connectivity index is 1.47. The Morgan fingerprint density at radius 1 is 1.03 bits per heavy atom. The van der Waals surface area contributed by atoms with Crippen molar-refractivity contribution in [2.45, 2.75) is 38.6 Å². The summed E-state index contributed by atoms with van der Waals surface area (Å²) in [5.74, 6) is -1.06. The molecule has 1 saturated heterocycles. The molecule has 1 saturated carbocycles. The average molecular weight is 489 g/mol. The third kappa shape index (κ3) is 4.63. The molecule has 31 heavy (non-hydrogen) atoms. The Morgan fingerprint density at radius 3 is 2.23 bits per heavy atom. The minimum absolute atomic E-state index is 0.103. The quantitative estimate of drug-likeness (QED) is 0.660. The van der Waals surface area contributed by atoms with Crippen LogP contribution in [0.15, 0.2) is 28.7 Å². The topological polar surface area (TPSA) is 100 Å². The van der Waals surface area contributed by atoms with Gasteiger partial charge in [0, 0.05) is 42.6 Å². The first-order valence-electron chi connectivity index (χ1n) is 10.5. The van der Waals surface area contributed by atoms with Gasteiger partial charge in [-0.1, -0.05) is 21.1 Å². The van der Waals surface area contributed by atoms with Gasteiger partial charge in [-0.05, 0) is 51.0 Å². The van der Waals surface area contributed by atoms with Crippen molar-refractivity contribution in [1.82, 2.24) is 30.1 Å². The normalized spacial score (nSPS) is 16.5. The number of rotatable bonds is 4. The van der Waals surface area contributed by atoms with Gasteiger partial charge in [0.1, 0.15) is 0 Å². The molecule has 2 heterocycles. The Bertz CT molecular complexity index is 991. The zero-order valence-corrected chi connectivity index (χ0v) is 19.1. The lowest BCUT2D eigenvalue weighted by Crippen LogP contribution is -2.54. The molecule has 4 rings (SSSR count). The zero-order valence-electron chi connectivity index (χ0n) is 17.5. The van der Waals surface area contributed by atoms with Crippen molar-refractivity contribution in [3.8, 4) is 5.69 Å². The van der Waals surface area contributed by atoms with E-state index in [1.807, 2.05) is 24.3 Å². The number of aromatic nitrogens is 3. The Morgan fingerprint density at radius 2 is 1.65 bits per heavy atom. The minimum atomic E-state index is -0.608. The highest BCUT2D eigenvalue weighted by Crippen LogP contribution is 2.42. The van der Waals surface area contributed by atoms with E-state index in [9.17, 15) is 14.4 Å². The number of hydrogen-bond acceptors (Lipinski definition) is 5. The van der Waals surface area contributed by atoms with E-state index < -0.39 is 11.8 Å². The third-order valence-corrected chi connectivity index (χ3v) is 5.94. The number of carbonyl (C=O) groups excluding carboxylic acids is 3. The van der Waals surface area contributed by atoms with Gasteiger partial charge in [0.25, 0.3) is 5.91 Å². The van der Waals surface area contributed by atoms with Gasteiger partial charge in [-0.2, -0.15) is 0 Å². The molecule has 164 valence electrons. The fourth-order valence-electron chi connectivity index (χ4n) is 3.67. The van der Waals surface area contributed by atoms with Crippen molar-refractivity contribution < 1.29 is 14.4 Å². The van der Waals surface area contributed by atoms with E-state index in [4.69, 9.17) is 0 Å². The van der Waals surface area contributed by atoms with Gasteiger partial charge in [-0.15, -0.1) is 5.10 Å². The van der Waals surface area contributed by atoms with E-state index in [-0.39, 0.29) is 17.9 Å². The van der Waals surface area contributed by atoms with E-state index >= 15 is 0 Å². The molecule has 3 amide bonds. The van der Waals surface area contributed by atoms with Crippen molar-refractivity contribution in [3.63, 3.8) is 0 Å². The zero-order chi connectivity index (χ0) is 22.1. The molecule has 1 aromatic carbocycles. The van der Waals surface area contributed by atoms with Crippen LogP contribution in [0.1, 0.15) is 48.8 Å². The first-order valence-corrected chi connectivity index (χ1v) is 11.2. The molecule has 0 unspecified atom stereocenters. The van der Waals surface area contributed by atoms with E-state index in [1.165, 1.54) is 4.90 Å². The van der Waals surface area contributed by atoms with Gasteiger partial charge in [-0.25, -0.2) is 4.68 Å². The second-order valence-corrected chi connectivity index (χ2v) is 9.11. The van der Waals surface area contributed by atoms with Crippen LogP contribution in [0.25, 0.3) is 5.69 Å². The lowest BCUT2D eigenvalue weighted by molar-refractivity contribution is -0.147.